The normalized spacial score (nSPS) is 10.9. The zero-order chi connectivity index (χ0) is 20.3. The summed E-state index contributed by atoms with van der Waals surface area (Å²) in [7, 11) is 0. The van der Waals surface area contributed by atoms with Gasteiger partial charge in [0.15, 0.2) is 0 Å². The van der Waals surface area contributed by atoms with Gasteiger partial charge in [-0.3, -0.25) is 9.59 Å². The molecular weight excluding hydrogens is 380 g/mol. The lowest BCUT2D eigenvalue weighted by Gasteiger charge is -2.17. The van der Waals surface area contributed by atoms with Crippen molar-refractivity contribution in [3.8, 4) is 22.6 Å². The van der Waals surface area contributed by atoms with E-state index in [1.807, 2.05) is 32.0 Å². The predicted octanol–water partition coefficient (Wildman–Crippen LogP) is 4.17. The number of carbonyl (C=O) groups excluding carboxylic acids is 1. The topological polar surface area (TPSA) is 84.5 Å². The molecule has 0 fully saturated rings. The number of nitrogens with one attached hydrogen (secondary N) is 2. The van der Waals surface area contributed by atoms with E-state index in [1.54, 1.807) is 30.3 Å². The molecule has 0 aliphatic rings. The maximum absolute atomic E-state index is 12.2. The van der Waals surface area contributed by atoms with E-state index in [1.165, 1.54) is 0 Å². The SMILES string of the molecule is CC(C)CNC(=O)Nc1c(-c2ccc(Cl)cc2Oc2ccccc2)c(=O)c1=O. The third-order valence-corrected chi connectivity index (χ3v) is 4.24. The first-order chi connectivity index (χ1) is 13.4. The molecule has 3 aromatic rings. The van der Waals surface area contributed by atoms with Crippen LogP contribution in [-0.4, -0.2) is 12.6 Å². The molecule has 0 atom stereocenters. The highest BCUT2D eigenvalue weighted by atomic mass is 35.5. The molecule has 0 bridgehead atoms. The Bertz CT molecular complexity index is 1070. The van der Waals surface area contributed by atoms with Gasteiger partial charge in [-0.15, -0.1) is 0 Å². The summed E-state index contributed by atoms with van der Waals surface area (Å²) < 4.78 is 5.85. The highest BCUT2D eigenvalue weighted by Crippen LogP contribution is 2.37. The molecule has 0 heterocycles. The molecule has 3 aromatic carbocycles. The average Bonchev–Trinajstić information content (AvgIpc) is 2.68. The van der Waals surface area contributed by atoms with Crippen LogP contribution in [0.2, 0.25) is 5.02 Å². The molecule has 7 heteroatoms. The van der Waals surface area contributed by atoms with Crippen molar-refractivity contribution >= 4 is 23.3 Å². The van der Waals surface area contributed by atoms with E-state index in [-0.39, 0.29) is 17.2 Å². The minimum atomic E-state index is -0.740. The van der Waals surface area contributed by atoms with E-state index in [0.717, 1.165) is 0 Å². The number of hydrogen-bond acceptors (Lipinski definition) is 4. The lowest BCUT2D eigenvalue weighted by molar-refractivity contribution is 0.251. The Hall–Kier alpha value is -3.12. The van der Waals surface area contributed by atoms with Crippen LogP contribution < -0.4 is 26.2 Å². The van der Waals surface area contributed by atoms with Crippen molar-refractivity contribution in [2.24, 2.45) is 5.92 Å². The Kier molecular flexibility index (Phi) is 5.80. The molecule has 0 unspecified atom stereocenters. The molecule has 28 heavy (non-hydrogen) atoms. The molecule has 6 nitrogen and oxygen atoms in total. The molecule has 0 aromatic heterocycles. The third kappa shape index (κ3) is 4.23. The molecule has 0 radical (unpaired) electrons. The summed E-state index contributed by atoms with van der Waals surface area (Å²) in [5.41, 5.74) is -0.981. The highest BCUT2D eigenvalue weighted by Gasteiger charge is 2.26. The van der Waals surface area contributed by atoms with E-state index in [9.17, 15) is 14.4 Å². The van der Waals surface area contributed by atoms with Crippen molar-refractivity contribution in [1.29, 1.82) is 0 Å². The third-order valence-electron chi connectivity index (χ3n) is 4.00. The number of hydrogen-bond donors (Lipinski definition) is 2. The van der Waals surface area contributed by atoms with Crippen LogP contribution in [0, 0.1) is 5.92 Å². The molecule has 3 rings (SSSR count). The van der Waals surface area contributed by atoms with Crippen LogP contribution >= 0.6 is 11.6 Å². The summed E-state index contributed by atoms with van der Waals surface area (Å²) in [6.07, 6.45) is 0. The lowest BCUT2D eigenvalue weighted by atomic mass is 9.97. The van der Waals surface area contributed by atoms with Gasteiger partial charge in [-0.1, -0.05) is 43.6 Å². The van der Waals surface area contributed by atoms with Crippen LogP contribution in [0.1, 0.15) is 13.8 Å². The van der Waals surface area contributed by atoms with Crippen molar-refractivity contribution < 1.29 is 9.53 Å². The summed E-state index contributed by atoms with van der Waals surface area (Å²) in [5, 5.41) is 5.54. The number of para-hydroxylation sites is 1. The number of rotatable bonds is 6. The second kappa shape index (κ2) is 8.27. The zero-order valence-electron chi connectivity index (χ0n) is 15.4. The summed E-state index contributed by atoms with van der Waals surface area (Å²) in [6.45, 7) is 4.34. The van der Waals surface area contributed by atoms with Gasteiger partial charge in [0.2, 0.25) is 5.43 Å². The monoisotopic (exact) mass is 398 g/mol. The number of benzene rings is 2. The van der Waals surface area contributed by atoms with E-state index in [0.29, 0.717) is 28.6 Å². The Morgan fingerprint density at radius 3 is 2.46 bits per heavy atom. The smallest absolute Gasteiger partial charge is 0.319 e. The molecule has 0 saturated heterocycles. The summed E-state index contributed by atoms with van der Waals surface area (Å²) in [4.78, 5) is 36.3. The number of carbonyl (C=O) groups is 1. The van der Waals surface area contributed by atoms with Gasteiger partial charge in [-0.25, -0.2) is 4.79 Å². The number of urea groups is 1. The van der Waals surface area contributed by atoms with Crippen molar-refractivity contribution in [1.82, 2.24) is 5.32 Å². The first kappa shape index (κ1) is 19.6. The highest BCUT2D eigenvalue weighted by molar-refractivity contribution is 6.30. The lowest BCUT2D eigenvalue weighted by Crippen LogP contribution is -2.41. The van der Waals surface area contributed by atoms with Gasteiger partial charge in [0, 0.05) is 23.2 Å². The minimum Gasteiger partial charge on any atom is -0.457 e. The predicted molar refractivity (Wildman–Crippen MR) is 110 cm³/mol. The number of amides is 2. The van der Waals surface area contributed by atoms with E-state index >= 15 is 0 Å². The van der Waals surface area contributed by atoms with Crippen LogP contribution in [0.4, 0.5) is 10.5 Å². The Labute approximate surface area is 166 Å². The Balaban J connectivity index is 1.94. The number of halogens is 1. The van der Waals surface area contributed by atoms with Crippen molar-refractivity contribution in [2.45, 2.75) is 13.8 Å². The summed E-state index contributed by atoms with van der Waals surface area (Å²) >= 11 is 6.08. The van der Waals surface area contributed by atoms with Crippen LogP contribution in [0.25, 0.3) is 11.1 Å². The van der Waals surface area contributed by atoms with Gasteiger partial charge in [0.05, 0.1) is 5.56 Å². The van der Waals surface area contributed by atoms with Gasteiger partial charge >= 0.3 is 6.03 Å². The van der Waals surface area contributed by atoms with Crippen molar-refractivity contribution in [3.63, 3.8) is 0 Å². The molecule has 0 aliphatic heterocycles. The fourth-order valence-corrected chi connectivity index (χ4v) is 2.79. The van der Waals surface area contributed by atoms with E-state index < -0.39 is 16.9 Å². The Morgan fingerprint density at radius 2 is 1.79 bits per heavy atom. The van der Waals surface area contributed by atoms with Gasteiger partial charge in [0.25, 0.3) is 5.43 Å². The molecule has 0 saturated carbocycles. The Morgan fingerprint density at radius 1 is 1.07 bits per heavy atom. The van der Waals surface area contributed by atoms with E-state index in [2.05, 4.69) is 10.6 Å². The second-order valence-corrected chi connectivity index (χ2v) is 7.13. The average molecular weight is 399 g/mol. The fourth-order valence-electron chi connectivity index (χ4n) is 2.63. The number of ether oxygens (including phenoxy) is 1. The van der Waals surface area contributed by atoms with Crippen LogP contribution in [-0.2, 0) is 0 Å². The van der Waals surface area contributed by atoms with Crippen LogP contribution in [0.15, 0.2) is 58.1 Å². The van der Waals surface area contributed by atoms with Gasteiger partial charge in [-0.2, -0.15) is 0 Å². The first-order valence-electron chi connectivity index (χ1n) is 8.77. The molecule has 2 amide bonds. The largest absolute Gasteiger partial charge is 0.457 e. The molecular formula is C21H19ClN2O4. The number of anilines is 1. The van der Waals surface area contributed by atoms with Crippen molar-refractivity contribution in [2.75, 3.05) is 11.9 Å². The summed E-state index contributed by atoms with van der Waals surface area (Å²) in [6, 6.07) is 13.2. The summed E-state index contributed by atoms with van der Waals surface area (Å²) in [5.74, 6) is 1.12. The molecule has 144 valence electrons. The first-order valence-corrected chi connectivity index (χ1v) is 9.15. The minimum absolute atomic E-state index is 0.0495. The van der Waals surface area contributed by atoms with Crippen LogP contribution in [0.5, 0.6) is 11.5 Å². The van der Waals surface area contributed by atoms with Gasteiger partial charge < -0.3 is 15.4 Å². The van der Waals surface area contributed by atoms with Gasteiger partial charge in [-0.05, 0) is 30.2 Å². The molecule has 0 spiro atoms. The maximum Gasteiger partial charge on any atom is 0.319 e. The molecule has 2 N–H and O–H groups in total. The van der Waals surface area contributed by atoms with E-state index in [4.69, 9.17) is 16.3 Å². The zero-order valence-corrected chi connectivity index (χ0v) is 16.2. The second-order valence-electron chi connectivity index (χ2n) is 6.69. The van der Waals surface area contributed by atoms with Gasteiger partial charge in [0.1, 0.15) is 17.2 Å². The quantitative estimate of drug-likeness (QED) is 0.610. The fraction of sp³-hybridized carbons (Fsp3) is 0.190. The maximum atomic E-state index is 12.2. The molecule has 0 aliphatic carbocycles. The van der Waals surface area contributed by atoms with Crippen molar-refractivity contribution in [3.05, 3.63) is 74.0 Å². The van der Waals surface area contributed by atoms with Crippen LogP contribution in [0.3, 0.4) is 0 Å². The standard InChI is InChI=1S/C21H19ClN2O4/c1-12(2)11-23-21(27)24-18-17(19(25)20(18)26)15-9-8-13(22)10-16(15)28-14-6-4-3-5-7-14/h3-10,12H,11H2,1-2H3,(H2,23,24,27).